The van der Waals surface area contributed by atoms with Gasteiger partial charge < -0.3 is 0 Å². The molecule has 2 aromatic rings. The number of hydrogen-bond acceptors (Lipinski definition) is 1. The van der Waals surface area contributed by atoms with Crippen LogP contribution in [0.5, 0.6) is 0 Å². The summed E-state index contributed by atoms with van der Waals surface area (Å²) in [5.41, 5.74) is 0. The van der Waals surface area contributed by atoms with E-state index in [0.29, 0.717) is 0 Å². The standard InChI is InChI=1S/C8H3FI2S/c9-6-2-4(10)1-5-7(11)3-12-8(5)6/h1-3H. The average molecular weight is 404 g/mol. The van der Waals surface area contributed by atoms with Crippen molar-refractivity contribution in [1.29, 1.82) is 0 Å². The molecule has 0 aliphatic heterocycles. The van der Waals surface area contributed by atoms with Crippen molar-refractivity contribution in [2.75, 3.05) is 0 Å². The molecule has 62 valence electrons. The van der Waals surface area contributed by atoms with E-state index in [4.69, 9.17) is 0 Å². The Balaban J connectivity index is 2.92. The molecule has 12 heavy (non-hydrogen) atoms. The van der Waals surface area contributed by atoms with Gasteiger partial charge in [0.15, 0.2) is 0 Å². The van der Waals surface area contributed by atoms with Gasteiger partial charge >= 0.3 is 0 Å². The first-order valence-corrected chi connectivity index (χ1v) is 6.24. The van der Waals surface area contributed by atoms with Gasteiger partial charge in [-0.3, -0.25) is 0 Å². The van der Waals surface area contributed by atoms with Gasteiger partial charge in [-0.15, -0.1) is 11.3 Å². The maximum absolute atomic E-state index is 13.3. The van der Waals surface area contributed by atoms with Gasteiger partial charge in [0.25, 0.3) is 0 Å². The number of rotatable bonds is 0. The second kappa shape index (κ2) is 3.38. The molecule has 0 fully saturated rings. The lowest BCUT2D eigenvalue weighted by Gasteiger charge is -1.94. The molecule has 0 amide bonds. The Kier molecular flexibility index (Phi) is 2.57. The van der Waals surface area contributed by atoms with Gasteiger partial charge in [0.05, 0.1) is 4.70 Å². The topological polar surface area (TPSA) is 0 Å². The smallest absolute Gasteiger partial charge is 0.142 e. The number of benzene rings is 1. The van der Waals surface area contributed by atoms with E-state index in [-0.39, 0.29) is 5.82 Å². The zero-order valence-electron chi connectivity index (χ0n) is 5.77. The molecule has 0 radical (unpaired) electrons. The van der Waals surface area contributed by atoms with Gasteiger partial charge in [-0.1, -0.05) is 0 Å². The Morgan fingerprint density at radius 3 is 2.75 bits per heavy atom. The molecule has 0 aliphatic rings. The molecule has 4 heteroatoms. The van der Waals surface area contributed by atoms with E-state index in [2.05, 4.69) is 45.2 Å². The maximum atomic E-state index is 13.3. The summed E-state index contributed by atoms with van der Waals surface area (Å²) in [6.07, 6.45) is 0. The summed E-state index contributed by atoms with van der Waals surface area (Å²) >= 11 is 5.82. The molecule has 0 spiro atoms. The molecule has 0 nitrogen and oxygen atoms in total. The van der Waals surface area contributed by atoms with Crippen molar-refractivity contribution in [1.82, 2.24) is 0 Å². The zero-order chi connectivity index (χ0) is 8.72. The fourth-order valence-electron chi connectivity index (χ4n) is 1.03. The van der Waals surface area contributed by atoms with Gasteiger partial charge in [-0.2, -0.15) is 0 Å². The van der Waals surface area contributed by atoms with Gasteiger partial charge in [-0.05, 0) is 57.3 Å². The molecule has 0 saturated carbocycles. The highest BCUT2D eigenvalue weighted by molar-refractivity contribution is 14.1. The molecule has 1 aromatic carbocycles. The fourth-order valence-corrected chi connectivity index (χ4v) is 3.42. The lowest BCUT2D eigenvalue weighted by atomic mass is 10.3. The van der Waals surface area contributed by atoms with Crippen LogP contribution >= 0.6 is 56.5 Å². The van der Waals surface area contributed by atoms with Crippen LogP contribution in [0.3, 0.4) is 0 Å². The third kappa shape index (κ3) is 1.48. The van der Waals surface area contributed by atoms with Crippen molar-refractivity contribution in [3.8, 4) is 0 Å². The monoisotopic (exact) mass is 404 g/mol. The first-order valence-electron chi connectivity index (χ1n) is 3.20. The van der Waals surface area contributed by atoms with Crippen LogP contribution in [-0.4, -0.2) is 0 Å². The molecular formula is C8H3FI2S. The van der Waals surface area contributed by atoms with Gasteiger partial charge in [0.1, 0.15) is 5.82 Å². The molecule has 0 atom stereocenters. The normalized spacial score (nSPS) is 10.9. The molecule has 2 rings (SSSR count). The summed E-state index contributed by atoms with van der Waals surface area (Å²) in [7, 11) is 0. The largest absolute Gasteiger partial charge is 0.205 e. The Morgan fingerprint density at radius 1 is 1.25 bits per heavy atom. The van der Waals surface area contributed by atoms with E-state index >= 15 is 0 Å². The van der Waals surface area contributed by atoms with Gasteiger partial charge in [-0.25, -0.2) is 4.39 Å². The molecule has 0 saturated heterocycles. The van der Waals surface area contributed by atoms with E-state index < -0.39 is 0 Å². The van der Waals surface area contributed by atoms with Crippen molar-refractivity contribution in [3.63, 3.8) is 0 Å². The van der Waals surface area contributed by atoms with E-state index in [1.807, 2.05) is 11.4 Å². The Morgan fingerprint density at radius 2 is 2.00 bits per heavy atom. The number of thiophene rings is 1. The van der Waals surface area contributed by atoms with E-state index in [1.165, 1.54) is 11.3 Å². The molecule has 0 aliphatic carbocycles. The van der Waals surface area contributed by atoms with Gasteiger partial charge in [0, 0.05) is 17.9 Å². The Hall–Kier alpha value is 0.570. The average Bonchev–Trinajstić information content (AvgIpc) is 2.33. The van der Waals surface area contributed by atoms with Crippen LogP contribution in [-0.2, 0) is 0 Å². The van der Waals surface area contributed by atoms with Crippen LogP contribution in [0, 0.1) is 13.0 Å². The van der Waals surface area contributed by atoms with Crippen molar-refractivity contribution >= 4 is 66.6 Å². The van der Waals surface area contributed by atoms with Crippen molar-refractivity contribution < 1.29 is 4.39 Å². The van der Waals surface area contributed by atoms with Crippen molar-refractivity contribution in [2.24, 2.45) is 0 Å². The summed E-state index contributed by atoms with van der Waals surface area (Å²) < 4.78 is 16.1. The number of fused-ring (bicyclic) bond motifs is 1. The lowest BCUT2D eigenvalue weighted by Crippen LogP contribution is -1.77. The minimum atomic E-state index is -0.107. The molecule has 0 N–H and O–H groups in total. The summed E-state index contributed by atoms with van der Waals surface area (Å²) in [4.78, 5) is 0. The van der Waals surface area contributed by atoms with Crippen molar-refractivity contribution in [3.05, 3.63) is 30.5 Å². The highest BCUT2D eigenvalue weighted by Gasteiger charge is 2.06. The van der Waals surface area contributed by atoms with E-state index in [9.17, 15) is 4.39 Å². The zero-order valence-corrected chi connectivity index (χ0v) is 10.9. The highest BCUT2D eigenvalue weighted by Crippen LogP contribution is 2.30. The highest BCUT2D eigenvalue weighted by atomic mass is 127. The van der Waals surface area contributed by atoms with Crippen LogP contribution in [0.25, 0.3) is 10.1 Å². The summed E-state index contributed by atoms with van der Waals surface area (Å²) in [6, 6.07) is 3.58. The maximum Gasteiger partial charge on any atom is 0.142 e. The predicted molar refractivity (Wildman–Crippen MR) is 67.2 cm³/mol. The van der Waals surface area contributed by atoms with E-state index in [0.717, 1.165) is 17.2 Å². The van der Waals surface area contributed by atoms with Crippen LogP contribution < -0.4 is 0 Å². The van der Waals surface area contributed by atoms with E-state index in [1.54, 1.807) is 6.07 Å². The second-order valence-electron chi connectivity index (χ2n) is 2.35. The summed E-state index contributed by atoms with van der Waals surface area (Å²) in [5, 5.41) is 3.01. The molecule has 1 heterocycles. The minimum absolute atomic E-state index is 0.107. The molecule has 0 unspecified atom stereocenters. The number of hydrogen-bond donors (Lipinski definition) is 0. The molecule has 1 aromatic heterocycles. The predicted octanol–water partition coefficient (Wildman–Crippen LogP) is 4.25. The van der Waals surface area contributed by atoms with Crippen molar-refractivity contribution in [2.45, 2.75) is 0 Å². The lowest BCUT2D eigenvalue weighted by molar-refractivity contribution is 0.641. The summed E-state index contributed by atoms with van der Waals surface area (Å²) in [5.74, 6) is -0.107. The quantitative estimate of drug-likeness (QED) is 0.577. The van der Waals surface area contributed by atoms with Crippen LogP contribution in [0.2, 0.25) is 0 Å². The molecule has 0 bridgehead atoms. The Labute approximate surface area is 100 Å². The third-order valence-electron chi connectivity index (χ3n) is 1.55. The Bertz CT molecular complexity index is 436. The third-order valence-corrected chi connectivity index (χ3v) is 4.49. The first kappa shape index (κ1) is 9.14. The SMILES string of the molecule is Fc1cc(I)cc2c(I)csc12. The first-order chi connectivity index (χ1) is 5.68. The van der Waals surface area contributed by atoms with Crippen LogP contribution in [0.1, 0.15) is 0 Å². The second-order valence-corrected chi connectivity index (χ2v) is 5.64. The fraction of sp³-hybridized carbons (Fsp3) is 0. The van der Waals surface area contributed by atoms with Crippen LogP contribution in [0.4, 0.5) is 4.39 Å². The number of halogens is 3. The molecular weight excluding hydrogens is 401 g/mol. The van der Waals surface area contributed by atoms with Gasteiger partial charge in [0.2, 0.25) is 0 Å². The minimum Gasteiger partial charge on any atom is -0.205 e. The summed E-state index contributed by atoms with van der Waals surface area (Å²) in [6.45, 7) is 0. The van der Waals surface area contributed by atoms with Crippen LogP contribution in [0.15, 0.2) is 17.5 Å².